The van der Waals surface area contributed by atoms with Gasteiger partial charge in [-0.3, -0.25) is 0 Å². The van der Waals surface area contributed by atoms with E-state index in [1.165, 1.54) is 0 Å². The van der Waals surface area contributed by atoms with Gasteiger partial charge < -0.3 is 19.1 Å². The van der Waals surface area contributed by atoms with Crippen molar-refractivity contribution >= 4 is 10.9 Å². The van der Waals surface area contributed by atoms with E-state index < -0.39 is 0 Å². The molecule has 4 heteroatoms. The largest absolute Gasteiger partial charge is 0.508 e. The van der Waals surface area contributed by atoms with Gasteiger partial charge in [0, 0.05) is 18.5 Å². The number of fused-ring (bicyclic) bond motifs is 1. The Balaban J connectivity index is 1.79. The highest BCUT2D eigenvalue weighted by Crippen LogP contribution is 2.24. The standard InChI is InChI=1S/C17H17NO3/c1-18-13(9-12-3-4-14(19)10-17(12)18)11-21-16-7-5-15(20-2)6-8-16/h3-10,19H,11H2,1-2H3. The minimum atomic E-state index is 0.270. The van der Waals surface area contributed by atoms with Gasteiger partial charge in [0.05, 0.1) is 18.3 Å². The van der Waals surface area contributed by atoms with E-state index in [0.29, 0.717) is 6.61 Å². The fourth-order valence-corrected chi connectivity index (χ4v) is 2.34. The van der Waals surface area contributed by atoms with Crippen LogP contribution in [0.25, 0.3) is 10.9 Å². The molecule has 2 aromatic carbocycles. The summed E-state index contributed by atoms with van der Waals surface area (Å²) in [5.41, 5.74) is 2.04. The van der Waals surface area contributed by atoms with Crippen LogP contribution in [-0.4, -0.2) is 16.8 Å². The van der Waals surface area contributed by atoms with E-state index in [4.69, 9.17) is 9.47 Å². The summed E-state index contributed by atoms with van der Waals surface area (Å²) < 4.78 is 12.9. The van der Waals surface area contributed by atoms with Crippen molar-refractivity contribution in [1.29, 1.82) is 0 Å². The molecule has 0 fully saturated rings. The zero-order valence-corrected chi connectivity index (χ0v) is 12.0. The maximum absolute atomic E-state index is 9.56. The van der Waals surface area contributed by atoms with Crippen LogP contribution in [0.3, 0.4) is 0 Å². The summed E-state index contributed by atoms with van der Waals surface area (Å²) in [6.07, 6.45) is 0. The molecule has 21 heavy (non-hydrogen) atoms. The van der Waals surface area contributed by atoms with Crippen molar-refractivity contribution in [1.82, 2.24) is 4.57 Å². The molecular weight excluding hydrogens is 266 g/mol. The zero-order chi connectivity index (χ0) is 14.8. The summed E-state index contributed by atoms with van der Waals surface area (Å²) >= 11 is 0. The Morgan fingerprint density at radius 2 is 1.71 bits per heavy atom. The van der Waals surface area contributed by atoms with Crippen molar-refractivity contribution in [2.45, 2.75) is 6.61 Å². The zero-order valence-electron chi connectivity index (χ0n) is 12.0. The van der Waals surface area contributed by atoms with Gasteiger partial charge in [-0.25, -0.2) is 0 Å². The second kappa shape index (κ2) is 5.40. The summed E-state index contributed by atoms with van der Waals surface area (Å²) in [5.74, 6) is 1.87. The SMILES string of the molecule is COc1ccc(OCc2cc3ccc(O)cc3n2C)cc1. The first-order valence-corrected chi connectivity index (χ1v) is 6.71. The van der Waals surface area contributed by atoms with Crippen LogP contribution in [-0.2, 0) is 13.7 Å². The first-order chi connectivity index (χ1) is 10.2. The van der Waals surface area contributed by atoms with Crippen LogP contribution >= 0.6 is 0 Å². The molecule has 0 atom stereocenters. The number of phenolic OH excluding ortho intramolecular Hbond substituents is 1. The summed E-state index contributed by atoms with van der Waals surface area (Å²) in [7, 11) is 3.61. The van der Waals surface area contributed by atoms with Gasteiger partial charge in [-0.1, -0.05) is 0 Å². The predicted octanol–water partition coefficient (Wildman–Crippen LogP) is 3.47. The highest BCUT2D eigenvalue weighted by Gasteiger charge is 2.07. The molecule has 108 valence electrons. The lowest BCUT2D eigenvalue weighted by Gasteiger charge is -2.08. The van der Waals surface area contributed by atoms with Crippen molar-refractivity contribution < 1.29 is 14.6 Å². The van der Waals surface area contributed by atoms with E-state index in [1.807, 2.05) is 41.9 Å². The molecule has 3 aromatic rings. The molecule has 0 radical (unpaired) electrons. The number of methoxy groups -OCH3 is 1. The molecule has 0 saturated heterocycles. The van der Waals surface area contributed by atoms with Gasteiger partial charge in [0.25, 0.3) is 0 Å². The van der Waals surface area contributed by atoms with Crippen molar-refractivity contribution in [2.24, 2.45) is 7.05 Å². The summed E-state index contributed by atoms with van der Waals surface area (Å²) in [4.78, 5) is 0. The topological polar surface area (TPSA) is 43.6 Å². The first-order valence-electron chi connectivity index (χ1n) is 6.71. The highest BCUT2D eigenvalue weighted by atomic mass is 16.5. The van der Waals surface area contributed by atoms with E-state index in [1.54, 1.807) is 19.2 Å². The number of ether oxygens (including phenoxy) is 2. The Morgan fingerprint density at radius 3 is 2.43 bits per heavy atom. The number of rotatable bonds is 4. The third kappa shape index (κ3) is 2.65. The second-order valence-corrected chi connectivity index (χ2v) is 4.90. The van der Waals surface area contributed by atoms with Gasteiger partial charge in [0.15, 0.2) is 0 Å². The number of benzene rings is 2. The number of phenols is 1. The normalized spacial score (nSPS) is 10.8. The molecule has 1 aromatic heterocycles. The first kappa shape index (κ1) is 13.4. The van der Waals surface area contributed by atoms with Crippen LogP contribution < -0.4 is 9.47 Å². The molecular formula is C17H17NO3. The lowest BCUT2D eigenvalue weighted by Crippen LogP contribution is -2.01. The Bertz CT molecular complexity index is 760. The molecule has 4 nitrogen and oxygen atoms in total. The van der Waals surface area contributed by atoms with Gasteiger partial charge in [0.2, 0.25) is 0 Å². The average Bonchev–Trinajstić information content (AvgIpc) is 2.82. The Hall–Kier alpha value is -2.62. The fraction of sp³-hybridized carbons (Fsp3) is 0.176. The smallest absolute Gasteiger partial charge is 0.128 e. The fourth-order valence-electron chi connectivity index (χ4n) is 2.34. The van der Waals surface area contributed by atoms with Crippen LogP contribution in [0.5, 0.6) is 17.2 Å². The summed E-state index contributed by atoms with van der Waals surface area (Å²) in [5, 5.41) is 10.7. The quantitative estimate of drug-likeness (QED) is 0.797. The Morgan fingerprint density at radius 1 is 1.00 bits per heavy atom. The number of hydrogen-bond donors (Lipinski definition) is 1. The van der Waals surface area contributed by atoms with Gasteiger partial charge in [0.1, 0.15) is 23.9 Å². The van der Waals surface area contributed by atoms with Gasteiger partial charge in [-0.15, -0.1) is 0 Å². The molecule has 0 saturated carbocycles. The highest BCUT2D eigenvalue weighted by molar-refractivity contribution is 5.82. The lowest BCUT2D eigenvalue weighted by molar-refractivity contribution is 0.297. The van der Waals surface area contributed by atoms with Crippen molar-refractivity contribution in [3.05, 3.63) is 54.2 Å². The summed E-state index contributed by atoms with van der Waals surface area (Å²) in [6.45, 7) is 0.471. The van der Waals surface area contributed by atoms with E-state index in [-0.39, 0.29) is 5.75 Å². The van der Waals surface area contributed by atoms with Gasteiger partial charge in [-0.2, -0.15) is 0 Å². The number of aromatic nitrogens is 1. The third-order valence-electron chi connectivity index (χ3n) is 3.57. The molecule has 1 N–H and O–H groups in total. The molecule has 1 heterocycles. The average molecular weight is 283 g/mol. The molecule has 0 aliphatic carbocycles. The third-order valence-corrected chi connectivity index (χ3v) is 3.57. The minimum Gasteiger partial charge on any atom is -0.508 e. The van der Waals surface area contributed by atoms with Crippen LogP contribution in [0, 0.1) is 0 Å². The number of aryl methyl sites for hydroxylation is 1. The monoisotopic (exact) mass is 283 g/mol. The number of aromatic hydroxyl groups is 1. The molecule has 0 amide bonds. The number of nitrogens with zero attached hydrogens (tertiary/aromatic N) is 1. The summed E-state index contributed by atoms with van der Waals surface area (Å²) in [6, 6.07) is 14.9. The lowest BCUT2D eigenvalue weighted by atomic mass is 10.2. The van der Waals surface area contributed by atoms with Crippen LogP contribution in [0.4, 0.5) is 0 Å². The van der Waals surface area contributed by atoms with Crippen molar-refractivity contribution in [2.75, 3.05) is 7.11 Å². The van der Waals surface area contributed by atoms with Crippen LogP contribution in [0.1, 0.15) is 5.69 Å². The van der Waals surface area contributed by atoms with Crippen LogP contribution in [0.15, 0.2) is 48.5 Å². The van der Waals surface area contributed by atoms with E-state index >= 15 is 0 Å². The number of hydrogen-bond acceptors (Lipinski definition) is 3. The Labute approximate surface area is 123 Å². The maximum Gasteiger partial charge on any atom is 0.128 e. The van der Waals surface area contributed by atoms with Crippen molar-refractivity contribution in [3.63, 3.8) is 0 Å². The Kier molecular flexibility index (Phi) is 3.44. The molecule has 0 aliphatic rings. The van der Waals surface area contributed by atoms with Gasteiger partial charge in [-0.05, 0) is 42.5 Å². The predicted molar refractivity (Wildman–Crippen MR) is 81.9 cm³/mol. The van der Waals surface area contributed by atoms with E-state index in [0.717, 1.165) is 28.1 Å². The molecule has 0 bridgehead atoms. The maximum atomic E-state index is 9.56. The van der Waals surface area contributed by atoms with Gasteiger partial charge >= 0.3 is 0 Å². The molecule has 0 spiro atoms. The second-order valence-electron chi connectivity index (χ2n) is 4.90. The molecule has 3 rings (SSSR count). The van der Waals surface area contributed by atoms with Crippen molar-refractivity contribution in [3.8, 4) is 17.2 Å². The van der Waals surface area contributed by atoms with E-state index in [9.17, 15) is 5.11 Å². The molecule has 0 aliphatic heterocycles. The minimum absolute atomic E-state index is 0.270. The molecule has 0 unspecified atom stereocenters. The van der Waals surface area contributed by atoms with Crippen LogP contribution in [0.2, 0.25) is 0 Å². The van der Waals surface area contributed by atoms with E-state index in [2.05, 4.69) is 6.07 Å².